The number of alkyl halides is 3. The van der Waals surface area contributed by atoms with E-state index in [1.807, 2.05) is 29.6 Å². The molecule has 0 unspecified atom stereocenters. The Kier molecular flexibility index (Phi) is 6.38. The quantitative estimate of drug-likeness (QED) is 0.576. The summed E-state index contributed by atoms with van der Waals surface area (Å²) in [5, 5.41) is 5.47. The first-order valence-electron chi connectivity index (χ1n) is 8.75. The molecule has 1 aromatic heterocycles. The standard InChI is InChI=1S/C20H18F3N3O2S/c1-2-24-19(27)26(16-6-8-17(9-7-16)28-20(21,22)23)13-14-4-3-5-15(12-14)18-25-10-11-29-18/h3-12H,2,13H2,1H3,(H,24,27). The smallest absolute Gasteiger partial charge is 0.406 e. The van der Waals surface area contributed by atoms with Gasteiger partial charge in [0.2, 0.25) is 0 Å². The van der Waals surface area contributed by atoms with E-state index in [0.29, 0.717) is 12.2 Å². The van der Waals surface area contributed by atoms with Crippen LogP contribution in [0.2, 0.25) is 0 Å². The molecule has 29 heavy (non-hydrogen) atoms. The summed E-state index contributed by atoms with van der Waals surface area (Å²) >= 11 is 1.51. The van der Waals surface area contributed by atoms with Gasteiger partial charge in [-0.1, -0.05) is 18.2 Å². The zero-order chi connectivity index (χ0) is 20.9. The number of benzene rings is 2. The maximum absolute atomic E-state index is 12.6. The fraction of sp³-hybridized carbons (Fsp3) is 0.200. The van der Waals surface area contributed by atoms with Crippen molar-refractivity contribution in [2.75, 3.05) is 11.4 Å². The minimum absolute atomic E-state index is 0.241. The van der Waals surface area contributed by atoms with Crippen LogP contribution in [0.5, 0.6) is 5.75 Å². The molecule has 2 amide bonds. The first-order chi connectivity index (χ1) is 13.9. The fourth-order valence-corrected chi connectivity index (χ4v) is 3.34. The first-order valence-corrected chi connectivity index (χ1v) is 9.63. The van der Waals surface area contributed by atoms with Crippen LogP contribution in [0.25, 0.3) is 10.6 Å². The maximum Gasteiger partial charge on any atom is 0.573 e. The number of carbonyl (C=O) groups is 1. The van der Waals surface area contributed by atoms with Crippen molar-refractivity contribution in [2.24, 2.45) is 0 Å². The summed E-state index contributed by atoms with van der Waals surface area (Å²) in [5.41, 5.74) is 2.24. The van der Waals surface area contributed by atoms with Gasteiger partial charge in [-0.25, -0.2) is 9.78 Å². The van der Waals surface area contributed by atoms with Crippen LogP contribution < -0.4 is 15.0 Å². The number of hydrogen-bond acceptors (Lipinski definition) is 4. The van der Waals surface area contributed by atoms with Gasteiger partial charge in [-0.05, 0) is 42.8 Å². The molecule has 1 N–H and O–H groups in total. The highest BCUT2D eigenvalue weighted by Gasteiger charge is 2.31. The molecule has 0 atom stereocenters. The molecule has 0 aliphatic rings. The second kappa shape index (κ2) is 8.95. The topological polar surface area (TPSA) is 54.5 Å². The highest BCUT2D eigenvalue weighted by Crippen LogP contribution is 2.27. The van der Waals surface area contributed by atoms with Crippen molar-refractivity contribution in [3.05, 3.63) is 65.7 Å². The summed E-state index contributed by atoms with van der Waals surface area (Å²) in [7, 11) is 0. The van der Waals surface area contributed by atoms with Crippen LogP contribution in [-0.4, -0.2) is 23.9 Å². The van der Waals surface area contributed by atoms with E-state index in [1.165, 1.54) is 40.5 Å². The maximum atomic E-state index is 12.6. The lowest BCUT2D eigenvalue weighted by molar-refractivity contribution is -0.274. The number of nitrogens with one attached hydrogen (secondary N) is 1. The summed E-state index contributed by atoms with van der Waals surface area (Å²) in [6.07, 6.45) is -3.05. The number of carbonyl (C=O) groups excluding carboxylic acids is 1. The van der Waals surface area contributed by atoms with Crippen molar-refractivity contribution in [3.63, 3.8) is 0 Å². The molecule has 0 aliphatic heterocycles. The number of anilines is 1. The van der Waals surface area contributed by atoms with Gasteiger partial charge >= 0.3 is 12.4 Å². The van der Waals surface area contributed by atoms with E-state index in [0.717, 1.165) is 16.1 Å². The third-order valence-corrected chi connectivity index (χ3v) is 4.72. The predicted octanol–water partition coefficient (Wildman–Crippen LogP) is 5.44. The van der Waals surface area contributed by atoms with E-state index in [4.69, 9.17) is 0 Å². The van der Waals surface area contributed by atoms with Crippen molar-refractivity contribution < 1.29 is 22.7 Å². The molecular formula is C20H18F3N3O2S. The molecule has 0 fully saturated rings. The molecule has 0 bridgehead atoms. The van der Waals surface area contributed by atoms with E-state index in [9.17, 15) is 18.0 Å². The summed E-state index contributed by atoms with van der Waals surface area (Å²) < 4.78 is 41.0. The number of rotatable bonds is 6. The van der Waals surface area contributed by atoms with Crippen molar-refractivity contribution >= 4 is 23.1 Å². The minimum Gasteiger partial charge on any atom is -0.406 e. The van der Waals surface area contributed by atoms with Crippen LogP contribution in [0.3, 0.4) is 0 Å². The Morgan fingerprint density at radius 2 is 1.97 bits per heavy atom. The van der Waals surface area contributed by atoms with Gasteiger partial charge < -0.3 is 10.1 Å². The van der Waals surface area contributed by atoms with E-state index >= 15 is 0 Å². The Hall–Kier alpha value is -3.07. The van der Waals surface area contributed by atoms with Crippen LogP contribution >= 0.6 is 11.3 Å². The number of urea groups is 1. The van der Waals surface area contributed by atoms with E-state index < -0.39 is 6.36 Å². The van der Waals surface area contributed by atoms with E-state index in [2.05, 4.69) is 15.0 Å². The fourth-order valence-electron chi connectivity index (χ4n) is 2.71. The minimum atomic E-state index is -4.77. The van der Waals surface area contributed by atoms with Gasteiger partial charge in [-0.15, -0.1) is 24.5 Å². The molecule has 3 rings (SSSR count). The van der Waals surface area contributed by atoms with Crippen LogP contribution in [-0.2, 0) is 6.54 Å². The Morgan fingerprint density at radius 1 is 1.21 bits per heavy atom. The molecule has 0 saturated heterocycles. The van der Waals surface area contributed by atoms with E-state index in [1.54, 1.807) is 13.1 Å². The van der Waals surface area contributed by atoms with Gasteiger partial charge in [0.1, 0.15) is 10.8 Å². The largest absolute Gasteiger partial charge is 0.573 e. The normalized spacial score (nSPS) is 11.2. The van der Waals surface area contributed by atoms with Gasteiger partial charge in [0, 0.05) is 29.4 Å². The number of amides is 2. The lowest BCUT2D eigenvalue weighted by atomic mass is 10.1. The highest BCUT2D eigenvalue weighted by atomic mass is 32.1. The zero-order valence-corrected chi connectivity index (χ0v) is 16.3. The Bertz CT molecular complexity index is 944. The molecule has 3 aromatic rings. The second-order valence-corrected chi connectivity index (χ2v) is 6.90. The summed E-state index contributed by atoms with van der Waals surface area (Å²) in [5.74, 6) is -0.345. The van der Waals surface area contributed by atoms with Crippen LogP contribution in [0.1, 0.15) is 12.5 Å². The molecule has 0 radical (unpaired) electrons. The van der Waals surface area contributed by atoms with Crippen molar-refractivity contribution in [1.29, 1.82) is 0 Å². The Balaban J connectivity index is 1.85. The second-order valence-electron chi connectivity index (χ2n) is 6.00. The lowest BCUT2D eigenvalue weighted by Crippen LogP contribution is -2.39. The number of nitrogens with zero attached hydrogens (tertiary/aromatic N) is 2. The summed E-state index contributed by atoms with van der Waals surface area (Å²) in [6, 6.07) is 12.5. The highest BCUT2D eigenvalue weighted by molar-refractivity contribution is 7.13. The first kappa shape index (κ1) is 20.7. The number of hydrogen-bond donors (Lipinski definition) is 1. The monoisotopic (exact) mass is 421 g/mol. The third-order valence-electron chi connectivity index (χ3n) is 3.90. The van der Waals surface area contributed by atoms with E-state index in [-0.39, 0.29) is 18.3 Å². The molecule has 0 aliphatic carbocycles. The third kappa shape index (κ3) is 5.71. The molecule has 1 heterocycles. The number of aromatic nitrogens is 1. The van der Waals surface area contributed by atoms with Gasteiger partial charge in [-0.3, -0.25) is 4.90 Å². The number of ether oxygens (including phenoxy) is 1. The Morgan fingerprint density at radius 3 is 2.59 bits per heavy atom. The molecule has 152 valence electrons. The molecule has 2 aromatic carbocycles. The van der Waals surface area contributed by atoms with Gasteiger partial charge in [0.15, 0.2) is 0 Å². The number of thiazole rings is 1. The van der Waals surface area contributed by atoms with Crippen LogP contribution in [0.15, 0.2) is 60.1 Å². The molecule has 5 nitrogen and oxygen atoms in total. The molecule has 9 heteroatoms. The van der Waals surface area contributed by atoms with Gasteiger partial charge in [0.05, 0.1) is 6.54 Å². The van der Waals surface area contributed by atoms with Gasteiger partial charge in [0.25, 0.3) is 0 Å². The molecule has 0 spiro atoms. The lowest BCUT2D eigenvalue weighted by Gasteiger charge is -2.23. The SMILES string of the molecule is CCNC(=O)N(Cc1cccc(-c2nccs2)c1)c1ccc(OC(F)(F)F)cc1. The zero-order valence-electron chi connectivity index (χ0n) is 15.4. The van der Waals surface area contributed by atoms with Crippen molar-refractivity contribution in [2.45, 2.75) is 19.8 Å². The average Bonchev–Trinajstić information content (AvgIpc) is 3.21. The average molecular weight is 421 g/mol. The van der Waals surface area contributed by atoms with Crippen LogP contribution in [0, 0.1) is 0 Å². The molecule has 0 saturated carbocycles. The van der Waals surface area contributed by atoms with Crippen molar-refractivity contribution in [1.82, 2.24) is 10.3 Å². The predicted molar refractivity (Wildman–Crippen MR) is 106 cm³/mol. The molecular weight excluding hydrogens is 403 g/mol. The summed E-state index contributed by atoms with van der Waals surface area (Å²) in [6.45, 7) is 2.45. The number of halogens is 3. The summed E-state index contributed by atoms with van der Waals surface area (Å²) in [4.78, 5) is 18.3. The Labute approximate surface area is 169 Å². The van der Waals surface area contributed by atoms with Gasteiger partial charge in [-0.2, -0.15) is 0 Å². The van der Waals surface area contributed by atoms with Crippen molar-refractivity contribution in [3.8, 4) is 16.3 Å². The van der Waals surface area contributed by atoms with Crippen LogP contribution in [0.4, 0.5) is 23.7 Å².